The molecule has 0 aromatic heterocycles. The Morgan fingerprint density at radius 1 is 1.09 bits per heavy atom. The monoisotopic (exact) mass is 441 g/mol. The van der Waals surface area contributed by atoms with E-state index in [1.807, 2.05) is 4.90 Å². The van der Waals surface area contributed by atoms with Crippen molar-refractivity contribution >= 4 is 12.0 Å². The second kappa shape index (κ2) is 9.05. The molecule has 176 valence electrons. The van der Waals surface area contributed by atoms with Gasteiger partial charge in [-0.3, -0.25) is 4.79 Å². The maximum atomic E-state index is 12.3. The lowest BCUT2D eigenvalue weighted by Gasteiger charge is -2.42. The molecule has 32 heavy (non-hydrogen) atoms. The largest absolute Gasteiger partial charge is 0.446 e. The van der Waals surface area contributed by atoms with E-state index in [0.717, 1.165) is 77.7 Å². The zero-order valence-electron chi connectivity index (χ0n) is 19.4. The molecule has 0 bridgehead atoms. The average molecular weight is 442 g/mol. The van der Waals surface area contributed by atoms with Crippen molar-refractivity contribution in [2.24, 2.45) is 5.92 Å². The van der Waals surface area contributed by atoms with Gasteiger partial charge in [-0.15, -0.1) is 0 Å². The van der Waals surface area contributed by atoms with Crippen molar-refractivity contribution < 1.29 is 15.8 Å². The molecule has 4 aliphatic rings. The molecular weight excluding hydrogens is 402 g/mol. The van der Waals surface area contributed by atoms with Gasteiger partial charge in [-0.2, -0.15) is 0 Å². The van der Waals surface area contributed by atoms with E-state index in [1.54, 1.807) is 6.92 Å². The van der Waals surface area contributed by atoms with Crippen molar-refractivity contribution in [3.05, 3.63) is 35.4 Å². The first-order chi connectivity index (χ1) is 15.5. The van der Waals surface area contributed by atoms with Gasteiger partial charge in [0.15, 0.2) is 0 Å². The molecule has 1 N–H and O–H groups in total. The summed E-state index contributed by atoms with van der Waals surface area (Å²) < 4.78 is 5.58. The van der Waals surface area contributed by atoms with Crippen LogP contribution in [0.3, 0.4) is 0 Å². The van der Waals surface area contributed by atoms with Gasteiger partial charge < -0.3 is 19.9 Å². The Bertz CT molecular complexity index is 843. The number of carbonyl (C=O) groups is 2. The fourth-order valence-corrected chi connectivity index (χ4v) is 6.27. The van der Waals surface area contributed by atoms with Crippen molar-refractivity contribution in [2.45, 2.75) is 75.9 Å². The summed E-state index contributed by atoms with van der Waals surface area (Å²) in [7, 11) is 0. The highest BCUT2D eigenvalue weighted by Gasteiger charge is 2.45. The minimum Gasteiger partial charge on any atom is -0.446 e. The van der Waals surface area contributed by atoms with E-state index < -0.39 is 0 Å². The van der Waals surface area contributed by atoms with Gasteiger partial charge >= 0.3 is 6.09 Å². The number of carbonyl (C=O) groups excluding carboxylic acids is 2. The number of hydrogen-bond acceptors (Lipinski definition) is 4. The highest BCUT2D eigenvalue weighted by Crippen LogP contribution is 2.50. The van der Waals surface area contributed by atoms with Crippen LogP contribution < -0.4 is 5.32 Å². The summed E-state index contributed by atoms with van der Waals surface area (Å²) in [4.78, 5) is 28.6. The van der Waals surface area contributed by atoms with E-state index in [2.05, 4.69) is 34.5 Å². The summed E-state index contributed by atoms with van der Waals surface area (Å²) in [5.41, 5.74) is 2.98. The van der Waals surface area contributed by atoms with E-state index in [1.165, 1.54) is 17.5 Å². The first-order valence-electron chi connectivity index (χ1n) is 12.6. The van der Waals surface area contributed by atoms with Crippen LogP contribution >= 0.6 is 0 Å². The van der Waals surface area contributed by atoms with Crippen LogP contribution in [0.2, 0.25) is 0 Å². The molecule has 1 atom stereocenters. The Kier molecular flexibility index (Phi) is 6.15. The van der Waals surface area contributed by atoms with Crippen LogP contribution in [0.1, 0.15) is 76.9 Å². The molecule has 1 aromatic rings. The third-order valence-corrected chi connectivity index (χ3v) is 8.40. The Morgan fingerprint density at radius 2 is 1.81 bits per heavy atom. The van der Waals surface area contributed by atoms with E-state index >= 15 is 0 Å². The molecule has 6 heteroatoms. The van der Waals surface area contributed by atoms with Crippen LogP contribution in [0.4, 0.5) is 4.79 Å². The molecule has 1 spiro atoms. The van der Waals surface area contributed by atoms with Gasteiger partial charge in [0.25, 0.3) is 0 Å². The summed E-state index contributed by atoms with van der Waals surface area (Å²) in [6.45, 7) is 6.66. The molecule has 0 radical (unpaired) electrons. The number of piperidine rings is 2. The molecule has 1 saturated carbocycles. The molecule has 3 fully saturated rings. The number of rotatable bonds is 4. The lowest BCUT2D eigenvalue weighted by Crippen LogP contribution is -2.46. The first kappa shape index (κ1) is 21.7. The van der Waals surface area contributed by atoms with E-state index in [0.29, 0.717) is 5.92 Å². The highest BCUT2D eigenvalue weighted by atomic mass is 16.6. The number of amides is 2. The number of nitrogens with zero attached hydrogens (tertiary/aromatic N) is 2. The number of fused-ring (bicyclic) bond motifs is 2. The lowest BCUT2D eigenvalue weighted by molar-refractivity contribution is -0.119. The number of ether oxygens (including phenoxy) is 1. The maximum Gasteiger partial charge on any atom is 0.410 e. The Balaban J connectivity index is 0.00000259. The normalized spacial score (nSPS) is 25.9. The first-order valence-corrected chi connectivity index (χ1v) is 12.6. The van der Waals surface area contributed by atoms with Gasteiger partial charge in [-0.05, 0) is 81.5 Å². The summed E-state index contributed by atoms with van der Waals surface area (Å²) in [5.74, 6) is 0.724. The molecule has 2 heterocycles. The van der Waals surface area contributed by atoms with Gasteiger partial charge in [-0.25, -0.2) is 4.79 Å². The second-order valence-electron chi connectivity index (χ2n) is 10.5. The van der Waals surface area contributed by atoms with Gasteiger partial charge in [0.1, 0.15) is 6.10 Å². The van der Waals surface area contributed by atoms with Crippen molar-refractivity contribution in [3.8, 4) is 0 Å². The third-order valence-electron chi connectivity index (χ3n) is 8.40. The lowest BCUT2D eigenvalue weighted by atomic mass is 9.73. The van der Waals surface area contributed by atoms with Crippen molar-refractivity contribution in [1.82, 2.24) is 15.1 Å². The fraction of sp³-hybridized carbons (Fsp3) is 0.692. The van der Waals surface area contributed by atoms with Crippen molar-refractivity contribution in [2.75, 3.05) is 32.7 Å². The molecule has 2 aliphatic heterocycles. The molecule has 6 nitrogen and oxygen atoms in total. The van der Waals surface area contributed by atoms with Crippen molar-refractivity contribution in [1.29, 1.82) is 0 Å². The smallest absolute Gasteiger partial charge is 0.410 e. The van der Waals surface area contributed by atoms with Gasteiger partial charge in [0, 0.05) is 33.4 Å². The molecule has 5 rings (SSSR count). The zero-order chi connectivity index (χ0) is 22.1. The zero-order valence-corrected chi connectivity index (χ0v) is 19.4. The summed E-state index contributed by atoms with van der Waals surface area (Å²) in [6.07, 6.45) is 8.85. The number of likely N-dealkylation sites (tertiary alicyclic amines) is 2. The van der Waals surface area contributed by atoms with Gasteiger partial charge in [0.2, 0.25) is 5.91 Å². The molecule has 2 saturated heterocycles. The number of nitrogens with one attached hydrogen (secondary N) is 1. The van der Waals surface area contributed by atoms with Crippen LogP contribution in [0.5, 0.6) is 0 Å². The van der Waals surface area contributed by atoms with E-state index in [-0.39, 0.29) is 31.0 Å². The third kappa shape index (κ3) is 4.39. The predicted octanol–water partition coefficient (Wildman–Crippen LogP) is 4.25. The summed E-state index contributed by atoms with van der Waals surface area (Å²) >= 11 is 0. The number of hydrogen-bond donors (Lipinski definition) is 1. The Morgan fingerprint density at radius 3 is 2.47 bits per heavy atom. The molecule has 2 amide bonds. The predicted molar refractivity (Wildman–Crippen MR) is 125 cm³/mol. The quantitative estimate of drug-likeness (QED) is 0.759. The maximum absolute atomic E-state index is 12.3. The van der Waals surface area contributed by atoms with Crippen LogP contribution in [0, 0.1) is 5.92 Å². The molecule has 1 aromatic carbocycles. The second-order valence-corrected chi connectivity index (χ2v) is 10.5. The minimum absolute atomic E-state index is 0. The average Bonchev–Trinajstić information content (AvgIpc) is 3.05. The van der Waals surface area contributed by atoms with Gasteiger partial charge in [-0.1, -0.05) is 24.3 Å². The summed E-state index contributed by atoms with van der Waals surface area (Å²) in [6, 6.07) is 8.87. The Labute approximate surface area is 193 Å². The molecule has 0 unspecified atom stereocenters. The van der Waals surface area contributed by atoms with Gasteiger partial charge in [0.05, 0.1) is 6.04 Å². The number of benzene rings is 1. The highest BCUT2D eigenvalue weighted by molar-refractivity contribution is 5.74. The van der Waals surface area contributed by atoms with Crippen LogP contribution in [0.25, 0.3) is 0 Å². The fourth-order valence-electron chi connectivity index (χ4n) is 6.27. The van der Waals surface area contributed by atoms with E-state index in [4.69, 9.17) is 4.74 Å². The molecule has 2 aliphatic carbocycles. The van der Waals surface area contributed by atoms with Crippen LogP contribution in [-0.2, 0) is 14.9 Å². The van der Waals surface area contributed by atoms with Crippen LogP contribution in [0.15, 0.2) is 24.3 Å². The molecular formula is C26H39N3O3. The van der Waals surface area contributed by atoms with Crippen LogP contribution in [-0.4, -0.2) is 60.6 Å². The Hall–Kier alpha value is -2.08. The summed E-state index contributed by atoms with van der Waals surface area (Å²) in [5, 5.41) is 3.18. The standard InChI is InChI=1S/C26H37N3O3.H2/c1-19(30)27-24-17-26(23-8-3-2-7-22(23)24)11-15-28(16-12-26)18-20-9-13-29(14-10-20)25(31)32-21-5-4-6-21;/h2-3,7-8,20-21,24H,4-6,9-18H2,1H3,(H,27,30);1H/t24-;/m0./s1. The SMILES string of the molecule is CC(=O)N[C@H]1CC2(CCN(CC3CCN(C(=O)OC4CCC4)CC3)CC2)c2ccccc21.[HH]. The topological polar surface area (TPSA) is 61.9 Å². The van der Waals surface area contributed by atoms with Crippen molar-refractivity contribution in [3.63, 3.8) is 0 Å². The van der Waals surface area contributed by atoms with E-state index in [9.17, 15) is 9.59 Å². The minimum atomic E-state index is -0.0957.